The fourth-order valence-electron chi connectivity index (χ4n) is 5.58. The number of H-pyrrole nitrogens is 1. The van der Waals surface area contributed by atoms with Crippen molar-refractivity contribution in [1.29, 1.82) is 0 Å². The number of thiol groups is 1. The van der Waals surface area contributed by atoms with Crippen LogP contribution < -0.4 is 11.3 Å². The van der Waals surface area contributed by atoms with E-state index in [4.69, 9.17) is 33.0 Å². The van der Waals surface area contributed by atoms with Crippen molar-refractivity contribution in [3.05, 3.63) is 41.7 Å². The number of rotatable bonds is 11. The van der Waals surface area contributed by atoms with E-state index in [9.17, 15) is 9.90 Å². The normalized spacial score (nSPS) is 29.0. The molecule has 0 aromatic carbocycles. The standard InChI is InChI=1S/C23H27FN10O8P2S/c24-12-9(10(4-37-43)40-21(12)33-7-29-13-17(25)27-6-28-18(13)33)3-38-44-39-5-11-15(35)16(42-45)22(41-11)34-8-30-14-19(34)31-23-26-1-2-32(23)20(14)36/h1-2,6-12,15-16,21-22,35,44-45H,3-5,43H2,(H,26,31)(H2,25,27,28)/t9-,10-,11-,12+,15-,16-,21-,22-/m1/s1. The molecule has 0 aliphatic carbocycles. The topological polar surface area (TPSA) is 213 Å². The number of nitrogens with one attached hydrogen (secondary N) is 1. The van der Waals surface area contributed by atoms with E-state index < -0.39 is 58.0 Å². The Morgan fingerprint density at radius 3 is 2.62 bits per heavy atom. The predicted octanol–water partition coefficient (Wildman–Crippen LogP) is 0.483. The number of imidazole rings is 3. The van der Waals surface area contributed by atoms with Crippen LogP contribution in [0.1, 0.15) is 12.5 Å². The van der Waals surface area contributed by atoms with Crippen molar-refractivity contribution in [1.82, 2.24) is 43.4 Å². The van der Waals surface area contributed by atoms with Crippen LogP contribution in [0, 0.1) is 5.92 Å². The highest BCUT2D eigenvalue weighted by molar-refractivity contribution is 7.75. The lowest BCUT2D eigenvalue weighted by Gasteiger charge is -2.19. The maximum Gasteiger partial charge on any atom is 0.287 e. The van der Waals surface area contributed by atoms with Crippen LogP contribution in [0.15, 0.2) is 36.2 Å². The molecule has 7 heterocycles. The van der Waals surface area contributed by atoms with Gasteiger partial charge in [0, 0.05) is 27.8 Å². The summed E-state index contributed by atoms with van der Waals surface area (Å²) in [6.45, 7) is -0.0405. The molecule has 5 aromatic heterocycles. The first-order valence-electron chi connectivity index (χ1n) is 13.5. The number of nitrogen functional groups attached to an aromatic ring is 1. The number of hydrogen-bond donors (Lipinski definition) is 4. The van der Waals surface area contributed by atoms with Crippen LogP contribution in [0.25, 0.3) is 28.1 Å². The molecule has 0 amide bonds. The second-order valence-corrected chi connectivity index (χ2v) is 11.6. The summed E-state index contributed by atoms with van der Waals surface area (Å²) in [6, 6.07) is 0. The number of aliphatic hydroxyl groups excluding tert-OH is 1. The van der Waals surface area contributed by atoms with E-state index in [-0.39, 0.29) is 42.4 Å². The lowest BCUT2D eigenvalue weighted by atomic mass is 10.0. The van der Waals surface area contributed by atoms with Gasteiger partial charge in [0.15, 0.2) is 50.3 Å². The van der Waals surface area contributed by atoms with E-state index in [1.807, 2.05) is 0 Å². The fourth-order valence-corrected chi connectivity index (χ4v) is 6.57. The number of aliphatic hydroxyl groups is 1. The van der Waals surface area contributed by atoms with E-state index in [1.165, 1.54) is 32.5 Å². The van der Waals surface area contributed by atoms with Crippen molar-refractivity contribution in [3.63, 3.8) is 0 Å². The molecule has 45 heavy (non-hydrogen) atoms. The molecule has 0 radical (unpaired) electrons. The first kappa shape index (κ1) is 30.7. The molecule has 18 nitrogen and oxygen atoms in total. The van der Waals surface area contributed by atoms with Crippen LogP contribution in [0.5, 0.6) is 0 Å². The average molecular weight is 685 g/mol. The number of alkyl halides is 1. The highest BCUT2D eigenvalue weighted by Crippen LogP contribution is 2.40. The molecular weight excluding hydrogens is 657 g/mol. The lowest BCUT2D eigenvalue weighted by Crippen LogP contribution is -2.34. The Bertz CT molecular complexity index is 1880. The summed E-state index contributed by atoms with van der Waals surface area (Å²) in [5, 5.41) is 10.9. The van der Waals surface area contributed by atoms with Crippen LogP contribution in [-0.4, -0.2) is 99.0 Å². The van der Waals surface area contributed by atoms with E-state index in [1.54, 1.807) is 12.4 Å². The van der Waals surface area contributed by atoms with E-state index >= 15 is 4.39 Å². The van der Waals surface area contributed by atoms with Crippen molar-refractivity contribution in [3.8, 4) is 0 Å². The third-order valence-electron chi connectivity index (χ3n) is 7.81. The highest BCUT2D eigenvalue weighted by Gasteiger charge is 2.48. The molecule has 2 unspecified atom stereocenters. The highest BCUT2D eigenvalue weighted by atomic mass is 32.1. The van der Waals surface area contributed by atoms with Gasteiger partial charge in [-0.3, -0.25) is 18.3 Å². The van der Waals surface area contributed by atoms with E-state index in [0.717, 1.165) is 0 Å². The maximum absolute atomic E-state index is 15.7. The van der Waals surface area contributed by atoms with Gasteiger partial charge in [0.25, 0.3) is 5.56 Å². The molecule has 22 heteroatoms. The van der Waals surface area contributed by atoms with E-state index in [0.29, 0.717) is 16.9 Å². The van der Waals surface area contributed by atoms with Gasteiger partial charge >= 0.3 is 0 Å². The first-order valence-corrected chi connectivity index (χ1v) is 15.1. The Labute approximate surface area is 261 Å². The summed E-state index contributed by atoms with van der Waals surface area (Å²) in [6.07, 6.45) is 0.134. The molecule has 0 spiro atoms. The Balaban J connectivity index is 0.977. The van der Waals surface area contributed by atoms with Gasteiger partial charge in [-0.05, 0) is 12.9 Å². The summed E-state index contributed by atoms with van der Waals surface area (Å²) in [4.78, 5) is 36.6. The van der Waals surface area contributed by atoms with Gasteiger partial charge in [0.1, 0.15) is 30.2 Å². The number of anilines is 1. The summed E-state index contributed by atoms with van der Waals surface area (Å²) in [5.41, 5.74) is 6.54. The molecule has 0 bridgehead atoms. The average Bonchev–Trinajstić information content (AvgIpc) is 3.86. The minimum atomic E-state index is -1.50. The fraction of sp³-hybridized carbons (Fsp3) is 0.478. The zero-order valence-electron chi connectivity index (χ0n) is 23.0. The number of aromatic nitrogens is 9. The Kier molecular flexibility index (Phi) is 8.68. The van der Waals surface area contributed by atoms with E-state index in [2.05, 4.69) is 52.3 Å². The van der Waals surface area contributed by atoms with Gasteiger partial charge in [0.2, 0.25) is 5.78 Å². The number of halogens is 1. The molecule has 240 valence electrons. The van der Waals surface area contributed by atoms with Crippen LogP contribution in [0.4, 0.5) is 10.2 Å². The second kappa shape index (κ2) is 12.7. The molecule has 7 rings (SSSR count). The number of fused-ring (bicyclic) bond motifs is 3. The summed E-state index contributed by atoms with van der Waals surface area (Å²) >= 11 is 3.92. The van der Waals surface area contributed by atoms with Crippen molar-refractivity contribution < 1.29 is 36.7 Å². The summed E-state index contributed by atoms with van der Waals surface area (Å²) < 4.78 is 53.8. The van der Waals surface area contributed by atoms with Gasteiger partial charge in [-0.2, -0.15) is 4.98 Å². The molecule has 5 aromatic rings. The lowest BCUT2D eigenvalue weighted by molar-refractivity contribution is -0.0433. The SMILES string of the molecule is Nc1ncnc2c1ncn2[C@@H]1O[C@H](COP)[C@@H](COPOC[C@H]2O[C@@H](n3cnc4c(=O)n5cc[nH]c5nc43)[C@H](OS)[C@@H]2O)[C@@H]1F. The first-order chi connectivity index (χ1) is 21.9. The quantitative estimate of drug-likeness (QED) is 0.0645. The van der Waals surface area contributed by atoms with Gasteiger partial charge < -0.3 is 43.1 Å². The zero-order chi connectivity index (χ0) is 31.2. The monoisotopic (exact) mass is 684 g/mol. The molecule has 10 atom stereocenters. The minimum Gasteiger partial charge on any atom is -0.387 e. The third-order valence-corrected chi connectivity index (χ3v) is 8.81. The minimum absolute atomic E-state index is 0.0485. The number of ether oxygens (including phenoxy) is 2. The van der Waals surface area contributed by atoms with Gasteiger partial charge in [0.05, 0.1) is 38.6 Å². The largest absolute Gasteiger partial charge is 0.387 e. The second-order valence-electron chi connectivity index (χ2n) is 10.3. The van der Waals surface area contributed by atoms with Crippen molar-refractivity contribution >= 4 is 65.3 Å². The molecule has 2 fully saturated rings. The molecule has 2 saturated heterocycles. The summed E-state index contributed by atoms with van der Waals surface area (Å²) in [7, 11) is 1.61. The molecule has 4 N–H and O–H groups in total. The third kappa shape index (κ3) is 5.38. The van der Waals surface area contributed by atoms with Crippen molar-refractivity contribution in [2.45, 2.75) is 43.0 Å². The van der Waals surface area contributed by atoms with Crippen LogP contribution in [-0.2, 0) is 27.2 Å². The van der Waals surface area contributed by atoms with Crippen LogP contribution in [0.3, 0.4) is 0 Å². The van der Waals surface area contributed by atoms with Gasteiger partial charge in [-0.25, -0.2) is 24.3 Å². The molecule has 2 aliphatic rings. The smallest absolute Gasteiger partial charge is 0.287 e. The van der Waals surface area contributed by atoms with Gasteiger partial charge in [-0.1, -0.05) is 0 Å². The molecular formula is C23H27FN10O8P2S. The Morgan fingerprint density at radius 2 is 1.82 bits per heavy atom. The number of aromatic amines is 1. The maximum atomic E-state index is 15.7. The van der Waals surface area contributed by atoms with Crippen LogP contribution in [0.2, 0.25) is 0 Å². The number of nitrogens with zero attached hydrogens (tertiary/aromatic N) is 8. The van der Waals surface area contributed by atoms with Crippen LogP contribution >= 0.6 is 31.4 Å². The number of nitrogens with two attached hydrogens (primary N) is 1. The Morgan fingerprint density at radius 1 is 1.07 bits per heavy atom. The summed E-state index contributed by atoms with van der Waals surface area (Å²) in [5.74, 6) is -0.221. The van der Waals surface area contributed by atoms with Crippen molar-refractivity contribution in [2.75, 3.05) is 25.6 Å². The molecule has 2 aliphatic heterocycles. The predicted molar refractivity (Wildman–Crippen MR) is 161 cm³/mol. The van der Waals surface area contributed by atoms with Gasteiger partial charge in [-0.15, -0.1) is 0 Å². The number of hydrogen-bond acceptors (Lipinski definition) is 15. The molecule has 0 saturated carbocycles. The zero-order valence-corrected chi connectivity index (χ0v) is 26.0. The Hall–Kier alpha value is -2.90. The van der Waals surface area contributed by atoms with Crippen molar-refractivity contribution in [2.24, 2.45) is 5.92 Å².